The highest BCUT2D eigenvalue weighted by Crippen LogP contribution is 2.37. The first-order chi connectivity index (χ1) is 18.8. The zero-order valence-electron chi connectivity index (χ0n) is 20.1. The zero-order valence-corrected chi connectivity index (χ0v) is 20.1. The van der Waals surface area contributed by atoms with Gasteiger partial charge in [-0.1, -0.05) is 54.6 Å². The van der Waals surface area contributed by atoms with Crippen LogP contribution in [0.3, 0.4) is 0 Å². The minimum absolute atomic E-state index is 0.766. The molecule has 5 heterocycles. The van der Waals surface area contributed by atoms with Gasteiger partial charge in [0.1, 0.15) is 22.6 Å². The SMILES string of the molecule is c1cc(-c2cncc(-c3nccc4c3oc3ccccc34)c2)cc(-c2nccc3c2oc2ccccc23)c1. The van der Waals surface area contributed by atoms with Gasteiger partial charge in [0, 0.05) is 63.0 Å². The van der Waals surface area contributed by atoms with Crippen LogP contribution in [-0.4, -0.2) is 15.0 Å². The zero-order chi connectivity index (χ0) is 25.1. The molecular weight excluding hydrogens is 470 g/mol. The van der Waals surface area contributed by atoms with Crippen LogP contribution in [-0.2, 0) is 0 Å². The molecule has 0 spiro atoms. The Morgan fingerprint density at radius 2 is 1.00 bits per heavy atom. The largest absolute Gasteiger partial charge is 0.454 e. The second-order valence-electron chi connectivity index (χ2n) is 9.31. The highest BCUT2D eigenvalue weighted by atomic mass is 16.3. The van der Waals surface area contributed by atoms with E-state index >= 15 is 0 Å². The first-order valence-electron chi connectivity index (χ1n) is 12.4. The van der Waals surface area contributed by atoms with Crippen molar-refractivity contribution in [2.45, 2.75) is 0 Å². The van der Waals surface area contributed by atoms with Crippen LogP contribution in [0.1, 0.15) is 0 Å². The standard InChI is InChI=1S/C33H19N3O2/c1-3-10-28-24(8-1)26-12-14-35-30(32(26)37-28)21-7-5-6-20(16-21)22-17-23(19-34-18-22)31-33-27(13-15-36-31)25-9-2-4-11-29(25)38-33/h1-19H. The highest BCUT2D eigenvalue weighted by molar-refractivity contribution is 6.09. The molecule has 0 amide bonds. The molecule has 0 aliphatic rings. The fourth-order valence-corrected chi connectivity index (χ4v) is 5.29. The molecule has 0 saturated heterocycles. The summed E-state index contributed by atoms with van der Waals surface area (Å²) in [7, 11) is 0. The van der Waals surface area contributed by atoms with E-state index in [1.807, 2.05) is 79.4 Å². The average molecular weight is 490 g/mol. The van der Waals surface area contributed by atoms with Crippen molar-refractivity contribution in [1.82, 2.24) is 15.0 Å². The molecule has 5 aromatic heterocycles. The van der Waals surface area contributed by atoms with Crippen molar-refractivity contribution in [1.29, 1.82) is 0 Å². The third-order valence-corrected chi connectivity index (χ3v) is 7.07. The molecule has 8 rings (SSSR count). The van der Waals surface area contributed by atoms with Gasteiger partial charge in [0.25, 0.3) is 0 Å². The molecule has 0 radical (unpaired) electrons. The van der Waals surface area contributed by atoms with Gasteiger partial charge in [-0.2, -0.15) is 0 Å². The Hall–Kier alpha value is -5.29. The predicted octanol–water partition coefficient (Wildman–Crippen LogP) is 8.67. The summed E-state index contributed by atoms with van der Waals surface area (Å²) < 4.78 is 12.5. The first kappa shape index (κ1) is 20.9. The fourth-order valence-electron chi connectivity index (χ4n) is 5.29. The molecule has 38 heavy (non-hydrogen) atoms. The van der Waals surface area contributed by atoms with Gasteiger partial charge in [-0.05, 0) is 42.0 Å². The first-order valence-corrected chi connectivity index (χ1v) is 12.4. The van der Waals surface area contributed by atoms with Crippen LogP contribution in [0.5, 0.6) is 0 Å². The minimum Gasteiger partial charge on any atom is -0.454 e. The number of rotatable bonds is 3. The van der Waals surface area contributed by atoms with Gasteiger partial charge in [-0.15, -0.1) is 0 Å². The molecule has 3 aromatic carbocycles. The summed E-state index contributed by atoms with van der Waals surface area (Å²) in [6, 6.07) is 30.6. The molecule has 0 unspecified atom stereocenters. The number of aromatic nitrogens is 3. The van der Waals surface area contributed by atoms with Crippen molar-refractivity contribution in [3.8, 4) is 33.6 Å². The molecule has 0 N–H and O–H groups in total. The van der Waals surface area contributed by atoms with E-state index in [0.29, 0.717) is 0 Å². The van der Waals surface area contributed by atoms with E-state index in [9.17, 15) is 0 Å². The summed E-state index contributed by atoms with van der Waals surface area (Å²) in [5.41, 5.74) is 8.75. The smallest absolute Gasteiger partial charge is 0.161 e. The van der Waals surface area contributed by atoms with E-state index in [4.69, 9.17) is 13.8 Å². The van der Waals surface area contributed by atoms with Gasteiger partial charge in [0.15, 0.2) is 11.2 Å². The lowest BCUT2D eigenvalue weighted by atomic mass is 10.00. The van der Waals surface area contributed by atoms with E-state index in [2.05, 4.69) is 46.4 Å². The number of nitrogens with zero attached hydrogens (tertiary/aromatic N) is 3. The quantitative estimate of drug-likeness (QED) is 0.248. The van der Waals surface area contributed by atoms with Crippen molar-refractivity contribution >= 4 is 43.9 Å². The van der Waals surface area contributed by atoms with E-state index in [-0.39, 0.29) is 0 Å². The number of hydrogen-bond acceptors (Lipinski definition) is 5. The average Bonchev–Trinajstić information content (AvgIpc) is 3.56. The van der Waals surface area contributed by atoms with Gasteiger partial charge in [0.2, 0.25) is 0 Å². The number of para-hydroxylation sites is 2. The number of benzene rings is 3. The third kappa shape index (κ3) is 3.15. The minimum atomic E-state index is 0.766. The van der Waals surface area contributed by atoms with Crippen molar-refractivity contribution in [2.75, 3.05) is 0 Å². The molecule has 0 fully saturated rings. The normalized spacial score (nSPS) is 11.7. The number of hydrogen-bond donors (Lipinski definition) is 0. The summed E-state index contributed by atoms with van der Waals surface area (Å²) in [5, 5.41) is 4.27. The topological polar surface area (TPSA) is 65.0 Å². The van der Waals surface area contributed by atoms with E-state index in [1.165, 1.54) is 0 Å². The molecule has 0 bridgehead atoms. The molecule has 178 valence electrons. The lowest BCUT2D eigenvalue weighted by molar-refractivity contribution is 0.668. The van der Waals surface area contributed by atoms with Crippen molar-refractivity contribution in [3.63, 3.8) is 0 Å². The lowest BCUT2D eigenvalue weighted by Crippen LogP contribution is -1.89. The molecule has 5 nitrogen and oxygen atoms in total. The van der Waals surface area contributed by atoms with E-state index in [0.717, 1.165) is 77.5 Å². The second kappa shape index (κ2) is 8.11. The lowest BCUT2D eigenvalue weighted by Gasteiger charge is -2.08. The summed E-state index contributed by atoms with van der Waals surface area (Å²) in [5.74, 6) is 0. The second-order valence-corrected chi connectivity index (χ2v) is 9.31. The predicted molar refractivity (Wildman–Crippen MR) is 151 cm³/mol. The maximum Gasteiger partial charge on any atom is 0.161 e. The van der Waals surface area contributed by atoms with Crippen LogP contribution >= 0.6 is 0 Å². The van der Waals surface area contributed by atoms with Crippen molar-refractivity contribution in [3.05, 3.63) is 116 Å². The van der Waals surface area contributed by atoms with Gasteiger partial charge in [-0.25, -0.2) is 0 Å². The Morgan fingerprint density at radius 3 is 1.68 bits per heavy atom. The molecule has 5 heteroatoms. The van der Waals surface area contributed by atoms with E-state index < -0.39 is 0 Å². The number of fused-ring (bicyclic) bond motifs is 6. The Bertz CT molecular complexity index is 2000. The van der Waals surface area contributed by atoms with Gasteiger partial charge >= 0.3 is 0 Å². The van der Waals surface area contributed by atoms with Crippen LogP contribution in [0, 0.1) is 0 Å². The Balaban J connectivity index is 1.25. The van der Waals surface area contributed by atoms with Gasteiger partial charge in [0.05, 0.1) is 0 Å². The van der Waals surface area contributed by atoms with Crippen LogP contribution in [0.2, 0.25) is 0 Å². The number of furan rings is 2. The van der Waals surface area contributed by atoms with E-state index in [1.54, 1.807) is 0 Å². The maximum absolute atomic E-state index is 6.23. The third-order valence-electron chi connectivity index (χ3n) is 7.07. The van der Waals surface area contributed by atoms with Crippen LogP contribution in [0.25, 0.3) is 77.5 Å². The molecule has 8 aromatic rings. The monoisotopic (exact) mass is 489 g/mol. The molecular formula is C33H19N3O2. The Morgan fingerprint density at radius 1 is 0.447 bits per heavy atom. The Labute approximate surface area is 217 Å². The molecule has 0 saturated carbocycles. The summed E-state index contributed by atoms with van der Waals surface area (Å²) in [6.07, 6.45) is 7.37. The maximum atomic E-state index is 6.23. The Kier molecular flexibility index (Phi) is 4.45. The molecule has 0 aliphatic heterocycles. The van der Waals surface area contributed by atoms with Crippen LogP contribution < -0.4 is 0 Å². The van der Waals surface area contributed by atoms with Crippen molar-refractivity contribution < 1.29 is 8.83 Å². The summed E-state index contributed by atoms with van der Waals surface area (Å²) in [6.45, 7) is 0. The van der Waals surface area contributed by atoms with Crippen LogP contribution in [0.15, 0.2) is 125 Å². The summed E-state index contributed by atoms with van der Waals surface area (Å²) >= 11 is 0. The highest BCUT2D eigenvalue weighted by Gasteiger charge is 2.16. The van der Waals surface area contributed by atoms with Crippen LogP contribution in [0.4, 0.5) is 0 Å². The molecule has 0 aliphatic carbocycles. The molecule has 0 atom stereocenters. The number of pyridine rings is 3. The summed E-state index contributed by atoms with van der Waals surface area (Å²) in [4.78, 5) is 13.9. The van der Waals surface area contributed by atoms with Crippen molar-refractivity contribution in [2.24, 2.45) is 0 Å². The van der Waals surface area contributed by atoms with Gasteiger partial charge in [-0.3, -0.25) is 15.0 Å². The van der Waals surface area contributed by atoms with Gasteiger partial charge < -0.3 is 8.83 Å². The fraction of sp³-hybridized carbons (Fsp3) is 0.